The molecule has 0 aliphatic carbocycles. The minimum Gasteiger partial charge on any atom is -0.307 e. The van der Waals surface area contributed by atoms with E-state index in [1.165, 1.54) is 12.1 Å². The zero-order valence-corrected chi connectivity index (χ0v) is 49.2. The molecule has 0 atom stereocenters. The van der Waals surface area contributed by atoms with E-state index in [-0.39, 0.29) is 33.7 Å². The van der Waals surface area contributed by atoms with E-state index in [0.717, 1.165) is 117 Å². The zero-order chi connectivity index (χ0) is 63.0. The normalized spacial score (nSPS) is 12.6. The number of nitrogens with zero attached hydrogens (tertiary/aromatic N) is 8. The van der Waals surface area contributed by atoms with E-state index in [0.29, 0.717) is 44.0 Å². The fourth-order valence-corrected chi connectivity index (χ4v) is 15.3. The van der Waals surface area contributed by atoms with Gasteiger partial charge in [-0.3, -0.25) is 9.13 Å². The Morgan fingerprint density at radius 2 is 0.553 bits per heavy atom. The largest absolute Gasteiger partial charge is 0.416 e. The van der Waals surface area contributed by atoms with Crippen LogP contribution in [-0.4, -0.2) is 32.4 Å². The molecule has 0 spiro atoms. The quantitative estimate of drug-likeness (QED) is 0.156. The van der Waals surface area contributed by atoms with E-state index in [1.54, 1.807) is 30.3 Å². The summed E-state index contributed by atoms with van der Waals surface area (Å²) in [7, 11) is 0. The maximum Gasteiger partial charge on any atom is 0.416 e. The second-order valence-electron chi connectivity index (χ2n) is 23.9. The Morgan fingerprint density at radius 3 is 0.957 bits per heavy atom. The van der Waals surface area contributed by atoms with Crippen LogP contribution in [0.25, 0.3) is 165 Å². The Hall–Kier alpha value is -12.3. The van der Waals surface area contributed by atoms with Crippen molar-refractivity contribution in [1.82, 2.24) is 32.4 Å². The minimum absolute atomic E-state index is 0.0594. The van der Waals surface area contributed by atoms with Gasteiger partial charge in [-0.05, 0) is 97.1 Å². The number of hydrogen-bond donors (Lipinski definition) is 0. The highest BCUT2D eigenvalue weighted by Crippen LogP contribution is 2.50. The van der Waals surface area contributed by atoms with Crippen LogP contribution >= 0.6 is 0 Å². The van der Waals surface area contributed by atoms with E-state index < -0.39 is 23.5 Å². The summed E-state index contributed by atoms with van der Waals surface area (Å²) in [6, 6.07) is 86.0. The van der Waals surface area contributed by atoms with Gasteiger partial charge < -0.3 is 18.3 Å². The molecule has 0 radical (unpaired) electrons. The van der Waals surface area contributed by atoms with Crippen molar-refractivity contribution in [3.05, 3.63) is 284 Å². The lowest BCUT2D eigenvalue weighted by Crippen LogP contribution is -2.17. The Labute approximate surface area is 528 Å². The predicted octanol–water partition coefficient (Wildman–Crippen LogP) is 21.6. The maximum absolute atomic E-state index is 15.1. The summed E-state index contributed by atoms with van der Waals surface area (Å²) >= 11 is 0. The Morgan fingerprint density at radius 1 is 0.266 bits per heavy atom. The van der Waals surface area contributed by atoms with Gasteiger partial charge in [0.05, 0.1) is 77.3 Å². The monoisotopic (exact) mass is 1230 g/mol. The molecule has 8 nitrogen and oxygen atoms in total. The molecular weight excluding hydrogens is 1190 g/mol. The molecule has 19 rings (SSSR count). The standard InChI is InChI=1S/C80H44F6N8/c81-79(82,83)46-35-41-69-60(43-46)54-27-11-15-31-65(54)91(69)75-62(45-87)76(93-67-33-17-9-25-52(67)58-39-37-56-50-23-7-13-29-63(50)89(71(56)73(58)93)48-19-3-1-4-20-48)78(88-77(75)92-66-32-16-12-28-55(66)61-44-47(80(84,85)86)36-42-70(61)92)94-68-34-18-10-26-53(68)59-40-38-57-51-24-8-14-30-64(51)90(72(57)74(59)94)49-21-5-2-6-22-49/h1-44H. The number of halogens is 6. The highest BCUT2D eigenvalue weighted by Gasteiger charge is 2.37. The molecule has 94 heavy (non-hydrogen) atoms. The summed E-state index contributed by atoms with van der Waals surface area (Å²) in [5.74, 6) is 0.397. The van der Waals surface area contributed by atoms with Crippen LogP contribution < -0.4 is 0 Å². The lowest BCUT2D eigenvalue weighted by molar-refractivity contribution is -0.138. The molecule has 0 saturated heterocycles. The molecule has 446 valence electrons. The average Bonchev–Trinajstić information content (AvgIpc) is 1.51. The smallest absolute Gasteiger partial charge is 0.307 e. The fourth-order valence-electron chi connectivity index (χ4n) is 15.3. The molecule has 0 bridgehead atoms. The van der Waals surface area contributed by atoms with Crippen molar-refractivity contribution < 1.29 is 26.3 Å². The van der Waals surface area contributed by atoms with Crippen molar-refractivity contribution in [2.24, 2.45) is 0 Å². The van der Waals surface area contributed by atoms with Crippen molar-refractivity contribution in [3.63, 3.8) is 0 Å². The molecule has 0 saturated carbocycles. The molecule has 0 N–H and O–H groups in total. The number of nitriles is 1. The Kier molecular flexibility index (Phi) is 11.0. The minimum atomic E-state index is -4.72. The molecule has 0 aliphatic rings. The summed E-state index contributed by atoms with van der Waals surface area (Å²) < 4.78 is 103. The molecule has 7 aromatic heterocycles. The van der Waals surface area contributed by atoms with E-state index in [2.05, 4.69) is 109 Å². The van der Waals surface area contributed by atoms with Crippen molar-refractivity contribution in [2.75, 3.05) is 0 Å². The van der Waals surface area contributed by atoms with E-state index in [4.69, 9.17) is 4.98 Å². The highest BCUT2D eigenvalue weighted by molar-refractivity contribution is 6.26. The van der Waals surface area contributed by atoms with Crippen LogP contribution in [0.2, 0.25) is 0 Å². The van der Waals surface area contributed by atoms with Gasteiger partial charge in [-0.15, -0.1) is 0 Å². The number of rotatable bonds is 6. The van der Waals surface area contributed by atoms with Gasteiger partial charge in [0.25, 0.3) is 0 Å². The molecule has 12 aromatic carbocycles. The van der Waals surface area contributed by atoms with Crippen LogP contribution in [0.5, 0.6) is 0 Å². The van der Waals surface area contributed by atoms with Gasteiger partial charge in [0.1, 0.15) is 23.0 Å². The molecule has 7 heterocycles. The molecule has 19 aromatic rings. The molecule has 0 unspecified atom stereocenters. The van der Waals surface area contributed by atoms with Crippen LogP contribution in [0.4, 0.5) is 26.3 Å². The van der Waals surface area contributed by atoms with Crippen molar-refractivity contribution >= 4 is 131 Å². The van der Waals surface area contributed by atoms with Crippen molar-refractivity contribution in [2.45, 2.75) is 12.4 Å². The fraction of sp³-hybridized carbons (Fsp3) is 0.0250. The third-order valence-corrected chi connectivity index (χ3v) is 19.1. The van der Waals surface area contributed by atoms with Gasteiger partial charge in [-0.2, -0.15) is 31.6 Å². The number of benzene rings is 12. The molecule has 14 heteroatoms. The van der Waals surface area contributed by atoms with E-state index in [9.17, 15) is 5.26 Å². The van der Waals surface area contributed by atoms with Crippen molar-refractivity contribution in [3.8, 4) is 40.5 Å². The van der Waals surface area contributed by atoms with E-state index >= 15 is 26.3 Å². The van der Waals surface area contributed by atoms with Crippen LogP contribution in [0.15, 0.2) is 267 Å². The van der Waals surface area contributed by atoms with Gasteiger partial charge in [-0.25, -0.2) is 4.98 Å². The lowest BCUT2D eigenvalue weighted by Gasteiger charge is -2.24. The van der Waals surface area contributed by atoms with Gasteiger partial charge in [-0.1, -0.05) is 170 Å². The first-order valence-electron chi connectivity index (χ1n) is 30.7. The number of aromatic nitrogens is 7. The Bertz CT molecular complexity index is 6530. The Balaban J connectivity index is 1.12. The third kappa shape index (κ3) is 7.31. The van der Waals surface area contributed by atoms with Gasteiger partial charge >= 0.3 is 12.4 Å². The number of hydrogen-bond acceptors (Lipinski definition) is 2. The van der Waals surface area contributed by atoms with Gasteiger partial charge in [0, 0.05) is 76.0 Å². The number of para-hydroxylation sites is 8. The first-order valence-corrected chi connectivity index (χ1v) is 30.7. The van der Waals surface area contributed by atoms with Crippen LogP contribution in [0.3, 0.4) is 0 Å². The highest BCUT2D eigenvalue weighted by atomic mass is 19.4. The molecule has 0 aliphatic heterocycles. The van der Waals surface area contributed by atoms with Crippen LogP contribution in [-0.2, 0) is 12.4 Å². The van der Waals surface area contributed by atoms with Gasteiger partial charge in [0.2, 0.25) is 0 Å². The molecule has 0 fully saturated rings. The topological polar surface area (TPSA) is 66.3 Å². The second kappa shape index (κ2) is 19.3. The first-order chi connectivity index (χ1) is 45.9. The van der Waals surface area contributed by atoms with Gasteiger partial charge in [0.15, 0.2) is 11.6 Å². The predicted molar refractivity (Wildman–Crippen MR) is 365 cm³/mol. The lowest BCUT2D eigenvalue weighted by atomic mass is 10.1. The second-order valence-corrected chi connectivity index (χ2v) is 23.9. The number of pyridine rings is 1. The van der Waals surface area contributed by atoms with E-state index in [1.807, 2.05) is 124 Å². The summed E-state index contributed by atoms with van der Waals surface area (Å²) in [5.41, 5.74) is 8.64. The van der Waals surface area contributed by atoms with Crippen molar-refractivity contribution in [1.29, 1.82) is 5.26 Å². The maximum atomic E-state index is 15.1. The molecular formula is C80H44F6N8. The molecule has 0 amide bonds. The summed E-state index contributed by atoms with van der Waals surface area (Å²) in [6.07, 6.45) is -9.44. The van der Waals surface area contributed by atoms with Crippen LogP contribution in [0, 0.1) is 11.3 Å². The SMILES string of the molecule is N#Cc1c(-n2c3ccccc3c3cc(C(F)(F)F)ccc32)c(-n2c3ccccc3c3cc(C(F)(F)F)ccc32)nc(-n2c3ccccc3c3ccc4c5ccccc5n(-c5ccccc5)c4c32)c1-n1c2ccccc2c2ccc3c4ccccc4n(-c4ccccc4)c3c21. The first kappa shape index (κ1) is 53.5. The number of alkyl halides is 6. The zero-order valence-electron chi connectivity index (χ0n) is 49.2. The third-order valence-electron chi connectivity index (χ3n) is 19.1. The summed E-state index contributed by atoms with van der Waals surface area (Å²) in [6.45, 7) is 0. The number of fused-ring (bicyclic) bond motifs is 20. The average molecular weight is 1230 g/mol. The summed E-state index contributed by atoms with van der Waals surface area (Å²) in [5, 5.41) is 21.9. The van der Waals surface area contributed by atoms with Crippen LogP contribution in [0.1, 0.15) is 16.7 Å². The summed E-state index contributed by atoms with van der Waals surface area (Å²) in [4.78, 5) is 6.22.